The normalized spacial score (nSPS) is 10.5. The Hall–Kier alpha value is -2.74. The molecule has 21 heavy (non-hydrogen) atoms. The van der Waals surface area contributed by atoms with Gasteiger partial charge in [-0.3, -0.25) is 14.9 Å². The van der Waals surface area contributed by atoms with E-state index >= 15 is 0 Å². The van der Waals surface area contributed by atoms with Gasteiger partial charge in [0.1, 0.15) is 5.75 Å². The summed E-state index contributed by atoms with van der Waals surface area (Å²) in [5.74, 6) is 0.279. The van der Waals surface area contributed by atoms with E-state index in [1.165, 1.54) is 12.3 Å². The van der Waals surface area contributed by atoms with Crippen molar-refractivity contribution in [3.63, 3.8) is 0 Å². The molecule has 1 amide bonds. The molecule has 0 radical (unpaired) electrons. The predicted octanol–water partition coefficient (Wildman–Crippen LogP) is 2.43. The Labute approximate surface area is 124 Å². The smallest absolute Gasteiger partial charge is 0.324 e. The molecule has 2 aromatic rings. The number of hydrogen-bond acceptors (Lipinski definition) is 6. The highest BCUT2D eigenvalue weighted by atomic mass is 32.1. The lowest BCUT2D eigenvalue weighted by Gasteiger charge is -2.01. The van der Waals surface area contributed by atoms with Crippen LogP contribution in [0, 0.1) is 10.1 Å². The van der Waals surface area contributed by atoms with E-state index in [2.05, 4.69) is 10.5 Å². The molecule has 1 N–H and O–H groups in total. The van der Waals surface area contributed by atoms with Crippen molar-refractivity contribution in [3.8, 4) is 5.75 Å². The molecule has 0 atom stereocenters. The van der Waals surface area contributed by atoms with Gasteiger partial charge in [0.15, 0.2) is 0 Å². The quantitative estimate of drug-likeness (QED) is 0.521. The molecular formula is C13H11N3O4S. The number of hydrazone groups is 1. The molecule has 0 aliphatic carbocycles. The molecule has 7 nitrogen and oxygen atoms in total. The van der Waals surface area contributed by atoms with Gasteiger partial charge in [-0.2, -0.15) is 5.10 Å². The summed E-state index contributed by atoms with van der Waals surface area (Å²) < 4.78 is 4.99. The summed E-state index contributed by atoms with van der Waals surface area (Å²) in [6.07, 6.45) is 1.36. The van der Waals surface area contributed by atoms with Crippen molar-refractivity contribution in [2.75, 3.05) is 7.11 Å². The Bertz CT molecular complexity index is 679. The van der Waals surface area contributed by atoms with Gasteiger partial charge in [-0.25, -0.2) is 5.43 Å². The molecule has 1 aromatic heterocycles. The lowest BCUT2D eigenvalue weighted by molar-refractivity contribution is -0.380. The van der Waals surface area contributed by atoms with Crippen LogP contribution in [0.2, 0.25) is 0 Å². The highest BCUT2D eigenvalue weighted by Crippen LogP contribution is 2.22. The molecule has 1 heterocycles. The fraction of sp³-hybridized carbons (Fsp3) is 0.0769. The summed E-state index contributed by atoms with van der Waals surface area (Å²) in [7, 11) is 1.54. The number of nitrogens with zero attached hydrogens (tertiary/aromatic N) is 2. The van der Waals surface area contributed by atoms with Crippen molar-refractivity contribution in [2.45, 2.75) is 0 Å². The third-order valence-corrected chi connectivity index (χ3v) is 3.47. The number of rotatable bonds is 5. The topological polar surface area (TPSA) is 93.8 Å². The van der Waals surface area contributed by atoms with Crippen LogP contribution in [0.3, 0.4) is 0 Å². The first kappa shape index (κ1) is 14.7. The molecule has 108 valence electrons. The van der Waals surface area contributed by atoms with Gasteiger partial charge in [0, 0.05) is 11.6 Å². The molecule has 0 aliphatic rings. The third-order valence-electron chi connectivity index (χ3n) is 2.50. The van der Waals surface area contributed by atoms with Crippen LogP contribution in [0.25, 0.3) is 0 Å². The Balaban J connectivity index is 1.95. The van der Waals surface area contributed by atoms with Crippen LogP contribution in [-0.4, -0.2) is 24.2 Å². The van der Waals surface area contributed by atoms with E-state index in [1.807, 2.05) is 0 Å². The average molecular weight is 305 g/mol. The maximum Gasteiger partial charge on any atom is 0.324 e. The lowest BCUT2D eigenvalue weighted by Crippen LogP contribution is -2.17. The molecule has 0 bridgehead atoms. The predicted molar refractivity (Wildman–Crippen MR) is 79.0 cm³/mol. The number of benzene rings is 1. The van der Waals surface area contributed by atoms with Crippen LogP contribution in [0.5, 0.6) is 5.75 Å². The van der Waals surface area contributed by atoms with E-state index in [-0.39, 0.29) is 10.9 Å². The van der Waals surface area contributed by atoms with E-state index in [0.717, 1.165) is 11.3 Å². The zero-order valence-electron chi connectivity index (χ0n) is 11.0. The first-order valence-electron chi connectivity index (χ1n) is 5.82. The zero-order chi connectivity index (χ0) is 15.2. The number of ether oxygens (including phenoxy) is 1. The van der Waals surface area contributed by atoms with Crippen LogP contribution in [0.1, 0.15) is 15.2 Å². The van der Waals surface area contributed by atoms with Crippen molar-refractivity contribution in [1.29, 1.82) is 0 Å². The molecule has 0 fully saturated rings. The second-order valence-electron chi connectivity index (χ2n) is 3.86. The molecule has 0 spiro atoms. The van der Waals surface area contributed by atoms with Crippen molar-refractivity contribution >= 4 is 28.5 Å². The van der Waals surface area contributed by atoms with Crippen LogP contribution >= 0.6 is 11.3 Å². The molecule has 1 aromatic carbocycles. The van der Waals surface area contributed by atoms with Crippen molar-refractivity contribution in [1.82, 2.24) is 5.43 Å². The summed E-state index contributed by atoms with van der Waals surface area (Å²) in [5, 5.41) is 14.3. The Morgan fingerprint density at radius 1 is 1.33 bits per heavy atom. The Kier molecular flexibility index (Phi) is 4.62. The standard InChI is InChI=1S/C13H11N3O4S/c1-20-10-4-2-9(3-5-10)13(17)15-14-8-11-6-7-12(21-11)16(18)19/h2-8H,1H3,(H,15,17)/b14-8-. The number of hydrogen-bond donors (Lipinski definition) is 1. The van der Waals surface area contributed by atoms with E-state index in [1.54, 1.807) is 37.4 Å². The number of nitro groups is 1. The zero-order valence-corrected chi connectivity index (χ0v) is 11.8. The third kappa shape index (κ3) is 3.86. The summed E-state index contributed by atoms with van der Waals surface area (Å²) in [4.78, 5) is 22.4. The van der Waals surface area contributed by atoms with E-state index in [0.29, 0.717) is 16.2 Å². The van der Waals surface area contributed by atoms with Crippen LogP contribution in [0.4, 0.5) is 5.00 Å². The van der Waals surface area contributed by atoms with Gasteiger partial charge in [0.05, 0.1) is 23.1 Å². The lowest BCUT2D eigenvalue weighted by atomic mass is 10.2. The van der Waals surface area contributed by atoms with E-state index in [4.69, 9.17) is 4.74 Å². The summed E-state index contributed by atoms with van der Waals surface area (Å²) in [6, 6.07) is 9.50. The van der Waals surface area contributed by atoms with Crippen LogP contribution < -0.4 is 10.2 Å². The molecule has 0 saturated carbocycles. The highest BCUT2D eigenvalue weighted by Gasteiger charge is 2.08. The first-order valence-corrected chi connectivity index (χ1v) is 6.63. The number of amides is 1. The Morgan fingerprint density at radius 3 is 2.62 bits per heavy atom. The van der Waals surface area contributed by atoms with Gasteiger partial charge in [-0.1, -0.05) is 11.3 Å². The number of carbonyl (C=O) groups is 1. The second kappa shape index (κ2) is 6.62. The van der Waals surface area contributed by atoms with Gasteiger partial charge in [-0.05, 0) is 30.3 Å². The maximum atomic E-state index is 11.8. The van der Waals surface area contributed by atoms with Crippen molar-refractivity contribution < 1.29 is 14.5 Å². The van der Waals surface area contributed by atoms with Crippen molar-refractivity contribution in [2.24, 2.45) is 5.10 Å². The largest absolute Gasteiger partial charge is 0.497 e. The van der Waals surface area contributed by atoms with Gasteiger partial charge in [0.25, 0.3) is 5.91 Å². The summed E-state index contributed by atoms with van der Waals surface area (Å²) in [6.45, 7) is 0. The fourth-order valence-corrected chi connectivity index (χ4v) is 2.16. The minimum atomic E-state index is -0.474. The van der Waals surface area contributed by atoms with Gasteiger partial charge in [-0.15, -0.1) is 0 Å². The first-order chi connectivity index (χ1) is 10.1. The molecule has 0 unspecified atom stereocenters. The number of methoxy groups -OCH3 is 1. The summed E-state index contributed by atoms with van der Waals surface area (Å²) in [5.41, 5.74) is 2.79. The molecule has 2 rings (SSSR count). The highest BCUT2D eigenvalue weighted by molar-refractivity contribution is 7.16. The minimum absolute atomic E-state index is 0.0259. The number of carbonyl (C=O) groups excluding carboxylic acids is 1. The van der Waals surface area contributed by atoms with E-state index in [9.17, 15) is 14.9 Å². The number of thiophene rings is 1. The van der Waals surface area contributed by atoms with Crippen molar-refractivity contribution in [3.05, 3.63) is 57.0 Å². The molecule has 0 aliphatic heterocycles. The van der Waals surface area contributed by atoms with Gasteiger partial charge >= 0.3 is 5.00 Å². The Morgan fingerprint density at radius 2 is 2.05 bits per heavy atom. The molecule has 8 heteroatoms. The molecule has 0 saturated heterocycles. The fourth-order valence-electron chi connectivity index (χ4n) is 1.47. The van der Waals surface area contributed by atoms with E-state index < -0.39 is 4.92 Å². The average Bonchev–Trinajstić information content (AvgIpc) is 2.96. The van der Waals surface area contributed by atoms with Crippen LogP contribution in [-0.2, 0) is 0 Å². The summed E-state index contributed by atoms with van der Waals surface area (Å²) >= 11 is 0.977. The maximum absolute atomic E-state index is 11.8. The van der Waals surface area contributed by atoms with Crippen LogP contribution in [0.15, 0.2) is 41.5 Å². The molecular weight excluding hydrogens is 294 g/mol. The number of nitrogens with one attached hydrogen (secondary N) is 1. The van der Waals surface area contributed by atoms with Gasteiger partial charge in [0.2, 0.25) is 0 Å². The van der Waals surface area contributed by atoms with Gasteiger partial charge < -0.3 is 4.74 Å². The SMILES string of the molecule is COc1ccc(C(=O)N/N=C\c2ccc([N+](=O)[O-])s2)cc1. The minimum Gasteiger partial charge on any atom is -0.497 e. The second-order valence-corrected chi connectivity index (χ2v) is 4.95. The monoisotopic (exact) mass is 305 g/mol.